The lowest BCUT2D eigenvalue weighted by atomic mass is 10.1. The van der Waals surface area contributed by atoms with E-state index in [-0.39, 0.29) is 11.4 Å². The standard InChI is InChI=1S/C15H18N2O3S/c1-11-3-5-14(6-4-11)21(19,20)17-10-15(18)13-7-8-16-12(2)9-13/h3-9,15,17-18H,10H2,1-2H3. The molecule has 2 aromatic rings. The van der Waals surface area contributed by atoms with E-state index in [9.17, 15) is 13.5 Å². The summed E-state index contributed by atoms with van der Waals surface area (Å²) in [4.78, 5) is 4.22. The monoisotopic (exact) mass is 306 g/mol. The molecule has 0 spiro atoms. The second kappa shape index (κ2) is 6.34. The van der Waals surface area contributed by atoms with Crippen LogP contribution in [-0.4, -0.2) is 25.1 Å². The molecule has 2 rings (SSSR count). The maximum Gasteiger partial charge on any atom is 0.240 e. The number of sulfonamides is 1. The summed E-state index contributed by atoms with van der Waals surface area (Å²) in [5, 5.41) is 10.0. The van der Waals surface area contributed by atoms with E-state index in [2.05, 4.69) is 9.71 Å². The number of pyridine rings is 1. The summed E-state index contributed by atoms with van der Waals surface area (Å²) in [5.41, 5.74) is 2.39. The lowest BCUT2D eigenvalue weighted by molar-refractivity contribution is 0.182. The molecule has 0 saturated heterocycles. The number of benzene rings is 1. The third-order valence-electron chi connectivity index (χ3n) is 3.10. The van der Waals surface area contributed by atoms with Crippen LogP contribution in [0.15, 0.2) is 47.5 Å². The van der Waals surface area contributed by atoms with Crippen LogP contribution in [0.5, 0.6) is 0 Å². The molecular formula is C15H18N2O3S. The number of aromatic nitrogens is 1. The van der Waals surface area contributed by atoms with E-state index in [0.29, 0.717) is 5.56 Å². The highest BCUT2D eigenvalue weighted by molar-refractivity contribution is 7.89. The van der Waals surface area contributed by atoms with Gasteiger partial charge in [-0.25, -0.2) is 13.1 Å². The van der Waals surface area contributed by atoms with Crippen molar-refractivity contribution in [3.05, 3.63) is 59.4 Å². The summed E-state index contributed by atoms with van der Waals surface area (Å²) in [6.45, 7) is 3.62. The maximum atomic E-state index is 12.1. The highest BCUT2D eigenvalue weighted by atomic mass is 32.2. The fourth-order valence-electron chi connectivity index (χ4n) is 1.88. The van der Waals surface area contributed by atoms with Gasteiger partial charge in [0, 0.05) is 18.4 Å². The van der Waals surface area contributed by atoms with Gasteiger partial charge in [0.05, 0.1) is 11.0 Å². The molecule has 1 unspecified atom stereocenters. The first-order valence-electron chi connectivity index (χ1n) is 6.55. The third kappa shape index (κ3) is 4.10. The van der Waals surface area contributed by atoms with Crippen molar-refractivity contribution < 1.29 is 13.5 Å². The smallest absolute Gasteiger partial charge is 0.240 e. The van der Waals surface area contributed by atoms with Crippen molar-refractivity contribution in [3.63, 3.8) is 0 Å². The molecule has 0 amide bonds. The normalized spacial score (nSPS) is 13.1. The number of nitrogens with zero attached hydrogens (tertiary/aromatic N) is 1. The second-order valence-corrected chi connectivity index (χ2v) is 6.68. The highest BCUT2D eigenvalue weighted by Gasteiger charge is 2.16. The summed E-state index contributed by atoms with van der Waals surface area (Å²) >= 11 is 0. The van der Waals surface area contributed by atoms with Crippen molar-refractivity contribution in [2.24, 2.45) is 0 Å². The van der Waals surface area contributed by atoms with Crippen LogP contribution in [0.4, 0.5) is 0 Å². The fraction of sp³-hybridized carbons (Fsp3) is 0.267. The van der Waals surface area contributed by atoms with E-state index in [1.807, 2.05) is 13.8 Å². The Kier molecular flexibility index (Phi) is 4.72. The van der Waals surface area contributed by atoms with E-state index in [4.69, 9.17) is 0 Å². The number of hydrogen-bond donors (Lipinski definition) is 2. The van der Waals surface area contributed by atoms with Crippen LogP contribution in [0, 0.1) is 13.8 Å². The van der Waals surface area contributed by atoms with Gasteiger partial charge in [0.25, 0.3) is 0 Å². The van der Waals surface area contributed by atoms with Gasteiger partial charge >= 0.3 is 0 Å². The Balaban J connectivity index is 2.06. The van der Waals surface area contributed by atoms with Gasteiger partial charge in [-0.3, -0.25) is 4.98 Å². The molecule has 5 nitrogen and oxygen atoms in total. The summed E-state index contributed by atoms with van der Waals surface area (Å²) in [6.07, 6.45) is 0.675. The van der Waals surface area contributed by atoms with Crippen LogP contribution in [0.3, 0.4) is 0 Å². The van der Waals surface area contributed by atoms with E-state index >= 15 is 0 Å². The van der Waals surface area contributed by atoms with E-state index in [1.165, 1.54) is 0 Å². The summed E-state index contributed by atoms with van der Waals surface area (Å²) < 4.78 is 26.6. The zero-order chi connectivity index (χ0) is 15.5. The predicted molar refractivity (Wildman–Crippen MR) is 80.3 cm³/mol. The molecule has 1 aromatic heterocycles. The highest BCUT2D eigenvalue weighted by Crippen LogP contribution is 2.14. The van der Waals surface area contributed by atoms with Gasteiger partial charge in [-0.05, 0) is 43.7 Å². The quantitative estimate of drug-likeness (QED) is 0.881. The zero-order valence-corrected chi connectivity index (χ0v) is 12.8. The first kappa shape index (κ1) is 15.6. The molecule has 0 bridgehead atoms. The van der Waals surface area contributed by atoms with Crippen molar-refractivity contribution in [1.82, 2.24) is 9.71 Å². The average Bonchev–Trinajstić information content (AvgIpc) is 2.45. The van der Waals surface area contributed by atoms with Crippen molar-refractivity contribution >= 4 is 10.0 Å². The molecule has 0 aliphatic rings. The zero-order valence-electron chi connectivity index (χ0n) is 11.9. The van der Waals surface area contributed by atoms with Gasteiger partial charge in [-0.2, -0.15) is 0 Å². The summed E-state index contributed by atoms with van der Waals surface area (Å²) in [7, 11) is -3.62. The predicted octanol–water partition coefficient (Wildman–Crippen LogP) is 1.71. The molecule has 0 radical (unpaired) electrons. The largest absolute Gasteiger partial charge is 0.387 e. The van der Waals surface area contributed by atoms with Gasteiger partial charge in [0.15, 0.2) is 0 Å². The molecule has 2 N–H and O–H groups in total. The minimum absolute atomic E-state index is 0.0837. The topological polar surface area (TPSA) is 79.3 Å². The van der Waals surface area contributed by atoms with Gasteiger partial charge in [-0.1, -0.05) is 17.7 Å². The Morgan fingerprint density at radius 2 is 1.86 bits per heavy atom. The van der Waals surface area contributed by atoms with Crippen molar-refractivity contribution in [2.45, 2.75) is 24.8 Å². The Morgan fingerprint density at radius 3 is 2.48 bits per heavy atom. The Labute approximate surface area is 124 Å². The Hall–Kier alpha value is -1.76. The van der Waals surface area contributed by atoms with E-state index < -0.39 is 16.1 Å². The number of aliphatic hydroxyl groups excluding tert-OH is 1. The number of rotatable bonds is 5. The molecule has 112 valence electrons. The molecule has 0 fully saturated rings. The molecule has 1 aromatic carbocycles. The van der Waals surface area contributed by atoms with Crippen molar-refractivity contribution in [1.29, 1.82) is 0 Å². The molecule has 0 saturated carbocycles. The SMILES string of the molecule is Cc1ccc(S(=O)(=O)NCC(O)c2ccnc(C)c2)cc1. The third-order valence-corrected chi connectivity index (χ3v) is 4.54. The van der Waals surface area contributed by atoms with Crippen molar-refractivity contribution in [3.8, 4) is 0 Å². The number of aryl methyl sites for hydroxylation is 2. The number of nitrogens with one attached hydrogen (secondary N) is 1. The number of hydrogen-bond acceptors (Lipinski definition) is 4. The van der Waals surface area contributed by atoms with Gasteiger partial charge in [0.1, 0.15) is 0 Å². The molecule has 0 aliphatic carbocycles. The minimum atomic E-state index is -3.62. The first-order chi connectivity index (χ1) is 9.88. The average molecular weight is 306 g/mol. The van der Waals surface area contributed by atoms with Crippen LogP contribution in [0.2, 0.25) is 0 Å². The van der Waals surface area contributed by atoms with E-state index in [0.717, 1.165) is 11.3 Å². The molecule has 0 aliphatic heterocycles. The lowest BCUT2D eigenvalue weighted by Crippen LogP contribution is -2.28. The summed E-state index contributed by atoms with van der Waals surface area (Å²) in [6, 6.07) is 9.94. The lowest BCUT2D eigenvalue weighted by Gasteiger charge is -2.13. The molecule has 21 heavy (non-hydrogen) atoms. The first-order valence-corrected chi connectivity index (χ1v) is 8.04. The van der Waals surface area contributed by atoms with Crippen LogP contribution in [0.1, 0.15) is 22.9 Å². The minimum Gasteiger partial charge on any atom is -0.387 e. The van der Waals surface area contributed by atoms with Crippen LogP contribution in [0.25, 0.3) is 0 Å². The van der Waals surface area contributed by atoms with Crippen LogP contribution < -0.4 is 4.72 Å². The number of aliphatic hydroxyl groups is 1. The fourth-order valence-corrected chi connectivity index (χ4v) is 2.92. The van der Waals surface area contributed by atoms with Gasteiger partial charge < -0.3 is 5.11 Å². The van der Waals surface area contributed by atoms with Crippen molar-refractivity contribution in [2.75, 3.05) is 6.54 Å². The molecule has 6 heteroatoms. The Bertz CT molecular complexity index is 712. The van der Waals surface area contributed by atoms with Crippen LogP contribution in [-0.2, 0) is 10.0 Å². The Morgan fingerprint density at radius 1 is 1.19 bits per heavy atom. The molecule has 1 heterocycles. The summed E-state index contributed by atoms with van der Waals surface area (Å²) in [5.74, 6) is 0. The second-order valence-electron chi connectivity index (χ2n) is 4.91. The van der Waals surface area contributed by atoms with E-state index in [1.54, 1.807) is 42.6 Å². The maximum absolute atomic E-state index is 12.1. The molecule has 1 atom stereocenters. The van der Waals surface area contributed by atoms with Crippen LogP contribution >= 0.6 is 0 Å². The molecular weight excluding hydrogens is 288 g/mol. The van der Waals surface area contributed by atoms with Gasteiger partial charge in [0.2, 0.25) is 10.0 Å². The van der Waals surface area contributed by atoms with Gasteiger partial charge in [-0.15, -0.1) is 0 Å².